The first-order valence-electron chi connectivity index (χ1n) is 8.98. The van der Waals surface area contributed by atoms with Gasteiger partial charge in [0.15, 0.2) is 11.6 Å². The molecule has 1 aromatic carbocycles. The molecule has 0 aliphatic heterocycles. The van der Waals surface area contributed by atoms with Crippen LogP contribution in [0.5, 0.6) is 5.75 Å². The summed E-state index contributed by atoms with van der Waals surface area (Å²) in [6, 6.07) is 4.97. The molecule has 0 aliphatic rings. The van der Waals surface area contributed by atoms with Gasteiger partial charge in [0.2, 0.25) is 0 Å². The first kappa shape index (κ1) is 18.4. The van der Waals surface area contributed by atoms with E-state index in [1.54, 1.807) is 18.5 Å². The lowest BCUT2D eigenvalue weighted by molar-refractivity contribution is 0.291. The monoisotopic (exact) mass is 330 g/mol. The first-order chi connectivity index (χ1) is 11.7. The van der Waals surface area contributed by atoms with Gasteiger partial charge in [-0.25, -0.2) is 4.39 Å². The molecule has 2 aromatic rings. The summed E-state index contributed by atoms with van der Waals surface area (Å²) in [6.07, 6.45) is 11.1. The molecule has 1 aromatic heterocycles. The van der Waals surface area contributed by atoms with Crippen molar-refractivity contribution in [2.24, 2.45) is 0 Å². The van der Waals surface area contributed by atoms with Crippen molar-refractivity contribution in [3.8, 4) is 17.0 Å². The van der Waals surface area contributed by atoms with E-state index >= 15 is 0 Å². The molecule has 130 valence electrons. The molecular weight excluding hydrogens is 303 g/mol. The van der Waals surface area contributed by atoms with Crippen molar-refractivity contribution in [3.63, 3.8) is 0 Å². The normalized spacial score (nSPS) is 10.8. The van der Waals surface area contributed by atoms with Crippen LogP contribution < -0.4 is 4.74 Å². The maximum atomic E-state index is 14.2. The summed E-state index contributed by atoms with van der Waals surface area (Å²) in [6.45, 7) is 4.86. The average molecular weight is 330 g/mol. The predicted octanol–water partition coefficient (Wildman–Crippen LogP) is 5.58. The van der Waals surface area contributed by atoms with Crippen LogP contribution in [-0.4, -0.2) is 16.6 Å². The molecule has 0 aliphatic carbocycles. The van der Waals surface area contributed by atoms with E-state index in [1.165, 1.54) is 18.9 Å². The second kappa shape index (κ2) is 10.0. The number of rotatable bonds is 10. The Balaban J connectivity index is 1.97. The summed E-state index contributed by atoms with van der Waals surface area (Å²) < 4.78 is 19.6. The molecule has 0 bridgehead atoms. The zero-order chi connectivity index (χ0) is 17.2. The second-order valence-electron chi connectivity index (χ2n) is 6.05. The van der Waals surface area contributed by atoms with Crippen LogP contribution in [0.2, 0.25) is 0 Å². The topological polar surface area (TPSA) is 35.0 Å². The fourth-order valence-electron chi connectivity index (χ4n) is 2.50. The predicted molar refractivity (Wildman–Crippen MR) is 95.7 cm³/mol. The Morgan fingerprint density at radius 1 is 0.958 bits per heavy atom. The number of ether oxygens (including phenoxy) is 1. The summed E-state index contributed by atoms with van der Waals surface area (Å²) in [4.78, 5) is 8.85. The van der Waals surface area contributed by atoms with Crippen molar-refractivity contribution in [2.75, 3.05) is 6.61 Å². The third-order valence-corrected chi connectivity index (χ3v) is 3.97. The van der Waals surface area contributed by atoms with Gasteiger partial charge in [-0.2, -0.15) is 0 Å². The van der Waals surface area contributed by atoms with Gasteiger partial charge in [-0.1, -0.05) is 39.5 Å². The Hall–Kier alpha value is -1.97. The average Bonchev–Trinajstić information content (AvgIpc) is 2.61. The van der Waals surface area contributed by atoms with Crippen LogP contribution in [0.4, 0.5) is 4.39 Å². The van der Waals surface area contributed by atoms with Gasteiger partial charge in [-0.3, -0.25) is 9.97 Å². The molecule has 2 rings (SSSR count). The highest BCUT2D eigenvalue weighted by atomic mass is 19.1. The van der Waals surface area contributed by atoms with Gasteiger partial charge >= 0.3 is 0 Å². The first-order valence-corrected chi connectivity index (χ1v) is 8.98. The van der Waals surface area contributed by atoms with Gasteiger partial charge in [0.1, 0.15) is 0 Å². The Morgan fingerprint density at radius 3 is 2.42 bits per heavy atom. The fourth-order valence-corrected chi connectivity index (χ4v) is 2.50. The lowest BCUT2D eigenvalue weighted by Gasteiger charge is -2.08. The van der Waals surface area contributed by atoms with Gasteiger partial charge < -0.3 is 4.74 Å². The molecule has 0 radical (unpaired) electrons. The lowest BCUT2D eigenvalue weighted by atomic mass is 10.1. The van der Waals surface area contributed by atoms with E-state index < -0.39 is 0 Å². The summed E-state index contributed by atoms with van der Waals surface area (Å²) in [5, 5.41) is 0. The Labute approximate surface area is 144 Å². The fraction of sp³-hybridized carbons (Fsp3) is 0.500. The van der Waals surface area contributed by atoms with E-state index in [0.717, 1.165) is 43.4 Å². The number of benzene rings is 1. The van der Waals surface area contributed by atoms with Crippen molar-refractivity contribution in [2.45, 2.75) is 58.8 Å². The molecular formula is C20H27FN2O. The maximum absolute atomic E-state index is 14.2. The van der Waals surface area contributed by atoms with Crippen molar-refractivity contribution in [1.29, 1.82) is 0 Å². The van der Waals surface area contributed by atoms with Gasteiger partial charge in [0.25, 0.3) is 0 Å². The molecule has 0 spiro atoms. The van der Waals surface area contributed by atoms with Crippen LogP contribution in [0.15, 0.2) is 30.6 Å². The van der Waals surface area contributed by atoms with Crippen molar-refractivity contribution < 1.29 is 9.13 Å². The van der Waals surface area contributed by atoms with E-state index in [1.807, 2.05) is 6.07 Å². The molecule has 4 heteroatoms. The Morgan fingerprint density at radius 2 is 1.75 bits per heavy atom. The smallest absolute Gasteiger partial charge is 0.165 e. The van der Waals surface area contributed by atoms with Crippen molar-refractivity contribution in [3.05, 3.63) is 42.1 Å². The number of nitrogens with zero attached hydrogens (tertiary/aromatic N) is 2. The number of halogens is 1. The van der Waals surface area contributed by atoms with Crippen LogP contribution >= 0.6 is 0 Å². The highest BCUT2D eigenvalue weighted by Gasteiger charge is 2.08. The van der Waals surface area contributed by atoms with Crippen LogP contribution in [0.3, 0.4) is 0 Å². The zero-order valence-corrected chi connectivity index (χ0v) is 14.7. The molecule has 0 saturated carbocycles. The standard InChI is InChI=1S/C20H27FN2O/c1-3-5-7-9-17-14-23-19(15-22-17)16-10-11-20(18(21)13-16)24-12-8-6-4-2/h10-11,13-15H,3-9,12H2,1-2H3. The third-order valence-electron chi connectivity index (χ3n) is 3.97. The highest BCUT2D eigenvalue weighted by molar-refractivity contribution is 5.59. The summed E-state index contributed by atoms with van der Waals surface area (Å²) in [5.41, 5.74) is 2.40. The Bertz CT molecular complexity index is 614. The molecule has 0 atom stereocenters. The number of hydrogen-bond donors (Lipinski definition) is 0. The molecule has 24 heavy (non-hydrogen) atoms. The number of hydrogen-bond acceptors (Lipinski definition) is 3. The zero-order valence-electron chi connectivity index (χ0n) is 14.7. The Kier molecular flexibility index (Phi) is 7.66. The van der Waals surface area contributed by atoms with Crippen LogP contribution in [0.1, 0.15) is 58.1 Å². The van der Waals surface area contributed by atoms with Gasteiger partial charge in [-0.05, 0) is 37.5 Å². The number of aryl methyl sites for hydroxylation is 1. The molecule has 0 N–H and O–H groups in total. The summed E-state index contributed by atoms with van der Waals surface area (Å²) in [7, 11) is 0. The van der Waals surface area contributed by atoms with Crippen LogP contribution in [-0.2, 0) is 6.42 Å². The number of unbranched alkanes of at least 4 members (excludes halogenated alkanes) is 4. The lowest BCUT2D eigenvalue weighted by Crippen LogP contribution is -1.99. The summed E-state index contributed by atoms with van der Waals surface area (Å²) in [5.74, 6) is -0.0446. The van der Waals surface area contributed by atoms with E-state index in [0.29, 0.717) is 18.1 Å². The van der Waals surface area contributed by atoms with Gasteiger partial charge in [0.05, 0.1) is 24.2 Å². The molecule has 0 saturated heterocycles. The molecule has 0 unspecified atom stereocenters. The minimum atomic E-state index is -0.349. The third kappa shape index (κ3) is 5.59. The molecule has 1 heterocycles. The van der Waals surface area contributed by atoms with Gasteiger partial charge in [-0.15, -0.1) is 0 Å². The van der Waals surface area contributed by atoms with E-state index in [2.05, 4.69) is 23.8 Å². The van der Waals surface area contributed by atoms with Crippen molar-refractivity contribution >= 4 is 0 Å². The van der Waals surface area contributed by atoms with Gasteiger partial charge in [0, 0.05) is 11.8 Å². The van der Waals surface area contributed by atoms with Crippen molar-refractivity contribution in [1.82, 2.24) is 9.97 Å². The number of aromatic nitrogens is 2. The molecule has 3 nitrogen and oxygen atoms in total. The molecule has 0 amide bonds. The maximum Gasteiger partial charge on any atom is 0.165 e. The van der Waals surface area contributed by atoms with E-state index in [4.69, 9.17) is 4.74 Å². The summed E-state index contributed by atoms with van der Waals surface area (Å²) >= 11 is 0. The van der Waals surface area contributed by atoms with Crippen LogP contribution in [0, 0.1) is 5.82 Å². The quantitative estimate of drug-likeness (QED) is 0.533. The highest BCUT2D eigenvalue weighted by Crippen LogP contribution is 2.24. The minimum Gasteiger partial charge on any atom is -0.491 e. The second-order valence-corrected chi connectivity index (χ2v) is 6.05. The molecule has 0 fully saturated rings. The van der Waals surface area contributed by atoms with E-state index in [9.17, 15) is 4.39 Å². The van der Waals surface area contributed by atoms with Crippen LogP contribution in [0.25, 0.3) is 11.3 Å². The largest absolute Gasteiger partial charge is 0.491 e. The minimum absolute atomic E-state index is 0.305. The van der Waals surface area contributed by atoms with E-state index in [-0.39, 0.29) is 5.82 Å². The SMILES string of the molecule is CCCCCOc1ccc(-c2cnc(CCCCC)cn2)cc1F.